The van der Waals surface area contributed by atoms with E-state index in [0.29, 0.717) is 10.3 Å². The molecule has 1 aromatic rings. The van der Waals surface area contributed by atoms with Crippen molar-refractivity contribution in [1.82, 2.24) is 21.3 Å². The Hall–Kier alpha value is 0.354. The Morgan fingerprint density at radius 2 is 0.940 bits per heavy atom. The third-order valence-electron chi connectivity index (χ3n) is 15.9. The second-order valence-electron chi connectivity index (χ2n) is 21.7. The Labute approximate surface area is 311 Å². The van der Waals surface area contributed by atoms with Crippen LogP contribution in [-0.4, -0.2) is 65.0 Å². The molecule has 1 unspecified atom stereocenters. The van der Waals surface area contributed by atoms with E-state index in [2.05, 4.69) is 81.9 Å². The summed E-state index contributed by atoms with van der Waals surface area (Å²) in [6, 6.07) is 5.82. The number of benzene rings is 1. The van der Waals surface area contributed by atoms with Gasteiger partial charge in [-0.05, 0) is 179 Å². The minimum atomic E-state index is -1.63. The molecule has 10 aliphatic rings. The molecule has 1 atom stereocenters. The zero-order chi connectivity index (χ0) is 34.7. The molecule has 0 spiro atoms. The first kappa shape index (κ1) is 36.0. The van der Waals surface area contributed by atoms with Gasteiger partial charge in [0.25, 0.3) is 0 Å². The average Bonchev–Trinajstić information content (AvgIpc) is 3.05. The van der Waals surface area contributed by atoms with Crippen LogP contribution in [0.3, 0.4) is 0 Å². The highest BCUT2D eigenvalue weighted by Crippen LogP contribution is 2.79. The molecule has 11 rings (SSSR count). The van der Waals surface area contributed by atoms with Gasteiger partial charge < -0.3 is 21.3 Å². The fourth-order valence-corrected chi connectivity index (χ4v) is 25.8. The number of hydrogen-bond donors (Lipinski definition) is 4. The van der Waals surface area contributed by atoms with Gasteiger partial charge in [-0.25, -0.2) is 0 Å². The maximum absolute atomic E-state index is 4.07. The molecular weight excluding hydrogens is 679 g/mol. The fraction of sp³-hybridized carbons (Fsp3) is 0.857. The van der Waals surface area contributed by atoms with Gasteiger partial charge in [-0.3, -0.25) is 0 Å². The third-order valence-corrected chi connectivity index (χ3v) is 25.2. The summed E-state index contributed by atoms with van der Waals surface area (Å²) in [6.45, 7) is 20.3. The second kappa shape index (κ2) is 13.0. The van der Waals surface area contributed by atoms with Gasteiger partial charge in [-0.2, -0.15) is 0 Å². The second-order valence-corrected chi connectivity index (χ2v) is 35.8. The molecule has 4 nitrogen and oxygen atoms in total. The summed E-state index contributed by atoms with van der Waals surface area (Å²) in [7, 11) is 0.232. The molecule has 8 heteroatoms. The Morgan fingerprint density at radius 1 is 0.600 bits per heavy atom. The van der Waals surface area contributed by atoms with Crippen LogP contribution in [0.25, 0.3) is 0 Å². The summed E-state index contributed by atoms with van der Waals surface area (Å²) in [5.74, 6) is 6.24. The minimum Gasteiger partial charge on any atom is -0.301 e. The Bertz CT molecular complexity index is 1310. The molecule has 8 saturated carbocycles. The molecule has 2 heterocycles. The van der Waals surface area contributed by atoms with E-state index < -0.39 is 16.1 Å². The van der Waals surface area contributed by atoms with Crippen molar-refractivity contribution >= 4 is 43.7 Å². The molecular formula is C42H72N4P2Si2. The summed E-state index contributed by atoms with van der Waals surface area (Å²) in [5, 5.41) is 21.0. The highest BCUT2D eigenvalue weighted by atomic mass is 31.1. The standard InChI is InChI=1S/C42H72N4P2Si2/c1-49(2,3)36-19-34(35(20-37(36)50(4,5)6)42(47,38-43-9-7-10-44-38)39-45-11-8-12-46-39)27-48(40-21-28-13-29(22-40)15-30(14-28)23-40)41-24-31-16-32(25-41)18-33(17-31)26-41/h19-20,28-33,38-39,43-46H,7-18,21-27,47H2,1-6H3. The van der Waals surface area contributed by atoms with Gasteiger partial charge in [0.1, 0.15) is 0 Å². The molecule has 10 fully saturated rings. The molecule has 0 amide bonds. The summed E-state index contributed by atoms with van der Waals surface area (Å²) in [6.07, 6.45) is 23.3. The van der Waals surface area contributed by atoms with Crippen molar-refractivity contribution < 1.29 is 0 Å². The van der Waals surface area contributed by atoms with E-state index in [4.69, 9.17) is 0 Å². The monoisotopic (exact) mass is 750 g/mol. The average molecular weight is 751 g/mol. The predicted molar refractivity (Wildman–Crippen MR) is 225 cm³/mol. The molecule has 0 aromatic heterocycles. The highest BCUT2D eigenvalue weighted by molar-refractivity contribution is 7.60. The minimum absolute atomic E-state index is 0.133. The van der Waals surface area contributed by atoms with Crippen LogP contribution in [0.1, 0.15) is 101 Å². The van der Waals surface area contributed by atoms with E-state index in [1.807, 2.05) is 5.19 Å². The SMILES string of the molecule is C[Si](C)(C)c1cc(CP(C23CC4CC(CC(C4)C2)C3)C23CC4CC(CC(C4)C2)C3)c(C(P)(C2NCCCN2)C2NCCCN2)cc1[Si](C)(C)C. The number of nitrogens with one attached hydrogen (secondary N) is 4. The molecule has 1 aromatic carbocycles. The van der Waals surface area contributed by atoms with Crippen LogP contribution in [0.2, 0.25) is 39.3 Å². The van der Waals surface area contributed by atoms with Gasteiger partial charge in [0.15, 0.2) is 0 Å². The van der Waals surface area contributed by atoms with E-state index >= 15 is 0 Å². The lowest BCUT2D eigenvalue weighted by Crippen LogP contribution is -2.69. The Balaban J connectivity index is 1.24. The highest BCUT2D eigenvalue weighted by Gasteiger charge is 2.63. The quantitative estimate of drug-likeness (QED) is 0.155. The molecule has 278 valence electrons. The summed E-state index contributed by atoms with van der Waals surface area (Å²) >= 11 is 0. The first-order valence-corrected chi connectivity index (χ1v) is 30.5. The zero-order valence-electron chi connectivity index (χ0n) is 32.7. The summed E-state index contributed by atoms with van der Waals surface area (Å²) in [4.78, 5) is 0. The lowest BCUT2D eigenvalue weighted by molar-refractivity contribution is 0.0184. The predicted octanol–water partition coefficient (Wildman–Crippen LogP) is 7.58. The van der Waals surface area contributed by atoms with Crippen molar-refractivity contribution in [3.63, 3.8) is 0 Å². The van der Waals surface area contributed by atoms with Crippen molar-refractivity contribution in [2.24, 2.45) is 35.5 Å². The maximum atomic E-state index is 4.07. The van der Waals surface area contributed by atoms with Crippen LogP contribution in [0, 0.1) is 35.5 Å². The zero-order valence-corrected chi connectivity index (χ0v) is 36.8. The van der Waals surface area contributed by atoms with Gasteiger partial charge in [-0.15, -0.1) is 9.24 Å². The van der Waals surface area contributed by atoms with E-state index in [0.717, 1.165) is 61.7 Å². The van der Waals surface area contributed by atoms with E-state index in [9.17, 15) is 0 Å². The molecule has 8 bridgehead atoms. The molecule has 50 heavy (non-hydrogen) atoms. The van der Waals surface area contributed by atoms with Crippen LogP contribution in [0.4, 0.5) is 0 Å². The molecule has 4 N–H and O–H groups in total. The third kappa shape index (κ3) is 6.19. The first-order chi connectivity index (χ1) is 23.7. The summed E-state index contributed by atoms with van der Waals surface area (Å²) in [5.41, 5.74) is 3.48. The lowest BCUT2D eigenvalue weighted by Gasteiger charge is -2.67. The normalized spacial score (nSPS) is 39.7. The van der Waals surface area contributed by atoms with Crippen LogP contribution in [0.15, 0.2) is 12.1 Å². The Kier molecular flexibility index (Phi) is 9.34. The summed E-state index contributed by atoms with van der Waals surface area (Å²) < 4.78 is 0. The van der Waals surface area contributed by atoms with Gasteiger partial charge >= 0.3 is 0 Å². The van der Waals surface area contributed by atoms with Gasteiger partial charge in [0.05, 0.1) is 33.6 Å². The largest absolute Gasteiger partial charge is 0.301 e. The van der Waals surface area contributed by atoms with Crippen LogP contribution < -0.4 is 31.6 Å². The van der Waals surface area contributed by atoms with E-state index in [-0.39, 0.29) is 25.4 Å². The van der Waals surface area contributed by atoms with Gasteiger partial charge in [0, 0.05) is 0 Å². The van der Waals surface area contributed by atoms with E-state index in [1.165, 1.54) is 19.0 Å². The van der Waals surface area contributed by atoms with Crippen LogP contribution in [0.5, 0.6) is 0 Å². The van der Waals surface area contributed by atoms with Crippen molar-refractivity contribution in [1.29, 1.82) is 0 Å². The molecule has 0 radical (unpaired) electrons. The topological polar surface area (TPSA) is 48.1 Å². The smallest absolute Gasteiger partial charge is 0.0774 e. The Morgan fingerprint density at radius 3 is 1.28 bits per heavy atom. The van der Waals surface area contributed by atoms with Crippen molar-refractivity contribution in [3.8, 4) is 0 Å². The molecule has 2 aliphatic heterocycles. The van der Waals surface area contributed by atoms with Crippen LogP contribution >= 0.6 is 17.2 Å². The van der Waals surface area contributed by atoms with Gasteiger partial charge in [0.2, 0.25) is 0 Å². The fourth-order valence-electron chi connectivity index (χ4n) is 14.7. The lowest BCUT2D eigenvalue weighted by atomic mass is 9.55. The molecule has 8 aliphatic carbocycles. The van der Waals surface area contributed by atoms with Crippen molar-refractivity contribution in [3.05, 3.63) is 23.3 Å². The van der Waals surface area contributed by atoms with Crippen molar-refractivity contribution in [2.75, 3.05) is 26.2 Å². The maximum Gasteiger partial charge on any atom is 0.0774 e. The van der Waals surface area contributed by atoms with Crippen molar-refractivity contribution in [2.45, 2.75) is 163 Å². The van der Waals surface area contributed by atoms with Gasteiger partial charge in [-0.1, -0.05) is 69.7 Å². The van der Waals surface area contributed by atoms with Crippen LogP contribution in [-0.2, 0) is 11.3 Å². The number of hydrogen-bond acceptors (Lipinski definition) is 4. The first-order valence-electron chi connectivity index (χ1n) is 21.4. The van der Waals surface area contributed by atoms with E-state index in [1.54, 1.807) is 93.4 Å². The number of rotatable bonds is 9. The molecule has 2 saturated heterocycles.